The smallest absolute Gasteiger partial charge is 0.407 e. The summed E-state index contributed by atoms with van der Waals surface area (Å²) in [6, 6.07) is 10.0. The Bertz CT molecular complexity index is 1130. The van der Waals surface area contributed by atoms with E-state index in [1.54, 1.807) is 6.07 Å². The van der Waals surface area contributed by atoms with E-state index in [0.717, 1.165) is 24.1 Å². The third-order valence-corrected chi connectivity index (χ3v) is 6.35. The lowest BCUT2D eigenvalue weighted by Crippen LogP contribution is -2.55. The number of hydrogen-bond acceptors (Lipinski definition) is 6. The van der Waals surface area contributed by atoms with E-state index in [-0.39, 0.29) is 63.0 Å². The van der Waals surface area contributed by atoms with E-state index in [1.807, 2.05) is 30.3 Å². The molecule has 2 heterocycles. The van der Waals surface area contributed by atoms with Gasteiger partial charge < -0.3 is 25.3 Å². The van der Waals surface area contributed by atoms with E-state index in [1.165, 1.54) is 9.80 Å². The molecule has 0 radical (unpaired) electrons. The monoisotopic (exact) mass is 495 g/mol. The molecule has 4 rings (SSSR count). The quantitative estimate of drug-likeness (QED) is 0.479. The van der Waals surface area contributed by atoms with Gasteiger partial charge in [-0.15, -0.1) is 0 Å². The highest BCUT2D eigenvalue weighted by molar-refractivity contribution is 5.96. The van der Waals surface area contributed by atoms with Gasteiger partial charge in [0.05, 0.1) is 0 Å². The van der Waals surface area contributed by atoms with Crippen molar-refractivity contribution in [3.63, 3.8) is 0 Å². The minimum Gasteiger partial charge on any atom is -0.481 e. The number of benzene rings is 1. The Labute approximate surface area is 208 Å². The van der Waals surface area contributed by atoms with Crippen molar-refractivity contribution in [2.45, 2.75) is 44.1 Å². The van der Waals surface area contributed by atoms with Crippen molar-refractivity contribution in [3.8, 4) is 11.4 Å². The highest BCUT2D eigenvalue weighted by Gasteiger charge is 2.31. The van der Waals surface area contributed by atoms with Gasteiger partial charge in [-0.1, -0.05) is 30.3 Å². The van der Waals surface area contributed by atoms with Crippen LogP contribution in [0.2, 0.25) is 0 Å². The number of carbonyl (C=O) groups excluding carboxylic acids is 2. The van der Waals surface area contributed by atoms with Crippen LogP contribution >= 0.6 is 0 Å². The van der Waals surface area contributed by atoms with Gasteiger partial charge in [0, 0.05) is 49.8 Å². The lowest BCUT2D eigenvalue weighted by atomic mass is 10.1. The van der Waals surface area contributed by atoms with Crippen molar-refractivity contribution in [1.29, 1.82) is 0 Å². The van der Waals surface area contributed by atoms with Crippen LogP contribution in [0.5, 0.6) is 0 Å². The number of hydrogen-bond donors (Lipinski definition) is 3. The molecule has 1 aliphatic heterocycles. The first-order chi connectivity index (χ1) is 17.3. The van der Waals surface area contributed by atoms with Crippen LogP contribution in [-0.2, 0) is 9.59 Å². The zero-order valence-corrected chi connectivity index (χ0v) is 19.8. The van der Waals surface area contributed by atoms with Gasteiger partial charge in [-0.3, -0.25) is 14.4 Å². The molecule has 0 unspecified atom stereocenters. The van der Waals surface area contributed by atoms with Gasteiger partial charge in [0.1, 0.15) is 11.7 Å². The summed E-state index contributed by atoms with van der Waals surface area (Å²) < 4.78 is 0. The van der Waals surface area contributed by atoms with Gasteiger partial charge in [0.2, 0.25) is 5.91 Å². The maximum Gasteiger partial charge on any atom is 0.407 e. The fourth-order valence-electron chi connectivity index (χ4n) is 4.17. The SMILES string of the molecule is O=C(O)CCC[C@H](NC(=O)c1cc(C2CC2)nc(-c2ccccc2)n1)C(=O)N1CCN(C(=O)O)CC1. The van der Waals surface area contributed by atoms with Crippen LogP contribution in [0, 0.1) is 0 Å². The molecule has 3 N–H and O–H groups in total. The Morgan fingerprint density at radius 2 is 1.64 bits per heavy atom. The maximum atomic E-state index is 13.3. The van der Waals surface area contributed by atoms with E-state index in [9.17, 15) is 19.2 Å². The summed E-state index contributed by atoms with van der Waals surface area (Å²) in [4.78, 5) is 60.6. The van der Waals surface area contributed by atoms with Crippen molar-refractivity contribution in [3.05, 3.63) is 47.8 Å². The molecule has 3 amide bonds. The number of amides is 3. The predicted molar refractivity (Wildman–Crippen MR) is 128 cm³/mol. The number of nitrogens with one attached hydrogen (secondary N) is 1. The molecule has 36 heavy (non-hydrogen) atoms. The molecule has 1 aromatic carbocycles. The average Bonchev–Trinajstić information content (AvgIpc) is 3.73. The summed E-state index contributed by atoms with van der Waals surface area (Å²) in [5.41, 5.74) is 1.71. The van der Waals surface area contributed by atoms with Crippen molar-refractivity contribution in [1.82, 2.24) is 25.1 Å². The third-order valence-electron chi connectivity index (χ3n) is 6.35. The summed E-state index contributed by atoms with van der Waals surface area (Å²) in [5, 5.41) is 20.9. The van der Waals surface area contributed by atoms with Gasteiger partial charge in [0.25, 0.3) is 5.91 Å². The molecule has 190 valence electrons. The summed E-state index contributed by atoms with van der Waals surface area (Å²) in [5.74, 6) is -1.17. The van der Waals surface area contributed by atoms with Gasteiger partial charge >= 0.3 is 12.1 Å². The minimum absolute atomic E-state index is 0.135. The van der Waals surface area contributed by atoms with Crippen LogP contribution in [0.3, 0.4) is 0 Å². The zero-order chi connectivity index (χ0) is 25.7. The molecule has 1 aromatic heterocycles. The molecule has 1 atom stereocenters. The van der Waals surface area contributed by atoms with Crippen molar-refractivity contribution in [2.24, 2.45) is 0 Å². The fourth-order valence-corrected chi connectivity index (χ4v) is 4.17. The summed E-state index contributed by atoms with van der Waals surface area (Å²) >= 11 is 0. The molecule has 2 fully saturated rings. The molecule has 2 aliphatic rings. The lowest BCUT2D eigenvalue weighted by Gasteiger charge is -2.35. The summed E-state index contributed by atoms with van der Waals surface area (Å²) in [6.45, 7) is 0.754. The Morgan fingerprint density at radius 3 is 2.25 bits per heavy atom. The second-order valence-corrected chi connectivity index (χ2v) is 9.05. The number of carboxylic acids is 1. The number of carbonyl (C=O) groups is 4. The fraction of sp³-hybridized carbons (Fsp3) is 0.440. The molecule has 1 saturated carbocycles. The number of aliphatic carboxylic acids is 1. The molecule has 2 aromatic rings. The largest absolute Gasteiger partial charge is 0.481 e. The third kappa shape index (κ3) is 6.35. The topological polar surface area (TPSA) is 153 Å². The number of carboxylic acid groups (broad SMARTS) is 2. The number of rotatable bonds is 9. The predicted octanol–water partition coefficient (Wildman–Crippen LogP) is 2.20. The Hall–Kier alpha value is -4.02. The van der Waals surface area contributed by atoms with E-state index in [0.29, 0.717) is 5.82 Å². The first kappa shape index (κ1) is 25.1. The Balaban J connectivity index is 1.52. The normalized spacial score (nSPS) is 16.3. The molecule has 1 saturated heterocycles. The van der Waals surface area contributed by atoms with Crippen LogP contribution in [0.25, 0.3) is 11.4 Å². The number of nitrogens with zero attached hydrogens (tertiary/aromatic N) is 4. The highest BCUT2D eigenvalue weighted by atomic mass is 16.4. The average molecular weight is 496 g/mol. The van der Waals surface area contributed by atoms with Crippen LogP contribution in [0.1, 0.15) is 54.2 Å². The van der Waals surface area contributed by atoms with Crippen molar-refractivity contribution < 1.29 is 29.4 Å². The Morgan fingerprint density at radius 1 is 0.972 bits per heavy atom. The molecule has 0 spiro atoms. The van der Waals surface area contributed by atoms with E-state index >= 15 is 0 Å². The van der Waals surface area contributed by atoms with Crippen LogP contribution < -0.4 is 5.32 Å². The standard InChI is InChI=1S/C25H29N5O6/c31-21(32)8-4-7-18(24(34)29-11-13-30(14-12-29)25(35)36)28-23(33)20-15-19(16-9-10-16)26-22(27-20)17-5-2-1-3-6-17/h1-3,5-6,15-16,18H,4,7-14H2,(H,28,33)(H,31,32)(H,35,36)/t18-/m0/s1. The first-order valence-electron chi connectivity index (χ1n) is 12.1. The summed E-state index contributed by atoms with van der Waals surface area (Å²) in [7, 11) is 0. The maximum absolute atomic E-state index is 13.3. The molecule has 0 bridgehead atoms. The molecular weight excluding hydrogens is 466 g/mol. The number of aromatic nitrogens is 2. The van der Waals surface area contributed by atoms with E-state index in [4.69, 9.17) is 10.2 Å². The molecular formula is C25H29N5O6. The molecule has 1 aliphatic carbocycles. The zero-order valence-electron chi connectivity index (χ0n) is 19.8. The number of piperazine rings is 1. The van der Waals surface area contributed by atoms with Crippen LogP contribution in [0.15, 0.2) is 36.4 Å². The second-order valence-electron chi connectivity index (χ2n) is 9.05. The molecule has 11 nitrogen and oxygen atoms in total. The second kappa shape index (κ2) is 11.1. The lowest BCUT2D eigenvalue weighted by molar-refractivity contribution is -0.138. The minimum atomic E-state index is -1.04. The van der Waals surface area contributed by atoms with Gasteiger partial charge in [-0.05, 0) is 31.7 Å². The van der Waals surface area contributed by atoms with Gasteiger partial charge in [-0.25, -0.2) is 14.8 Å². The van der Waals surface area contributed by atoms with Crippen LogP contribution in [0.4, 0.5) is 4.79 Å². The summed E-state index contributed by atoms with van der Waals surface area (Å²) in [6.07, 6.45) is 1.15. The van der Waals surface area contributed by atoms with Crippen molar-refractivity contribution >= 4 is 23.9 Å². The van der Waals surface area contributed by atoms with E-state index in [2.05, 4.69) is 15.3 Å². The van der Waals surface area contributed by atoms with E-state index < -0.39 is 24.0 Å². The molecule has 11 heteroatoms. The van der Waals surface area contributed by atoms with Gasteiger partial charge in [0.15, 0.2) is 5.82 Å². The van der Waals surface area contributed by atoms with Gasteiger partial charge in [-0.2, -0.15) is 0 Å². The van der Waals surface area contributed by atoms with Crippen molar-refractivity contribution in [2.75, 3.05) is 26.2 Å². The highest BCUT2D eigenvalue weighted by Crippen LogP contribution is 2.39. The van der Waals surface area contributed by atoms with Crippen LogP contribution in [-0.4, -0.2) is 86.1 Å². The Kier molecular flexibility index (Phi) is 7.77. The first-order valence-corrected chi connectivity index (χ1v) is 12.1.